The number of carbonyl (C=O) groups excluding carboxylic acids is 1. The van der Waals surface area contributed by atoms with Crippen LogP contribution in [0.4, 0.5) is 5.13 Å². The van der Waals surface area contributed by atoms with Gasteiger partial charge in [0.05, 0.1) is 0 Å². The Kier molecular flexibility index (Phi) is 5.21. The van der Waals surface area contributed by atoms with Crippen molar-refractivity contribution in [1.82, 2.24) is 9.55 Å². The molecule has 1 aromatic carbocycles. The zero-order valence-corrected chi connectivity index (χ0v) is 16.9. The van der Waals surface area contributed by atoms with Crippen LogP contribution in [0.1, 0.15) is 32.1 Å². The smallest absolute Gasteiger partial charge is 0.262 e. The number of hydrogen-bond acceptors (Lipinski definition) is 5. The number of nitriles is 1. The monoisotopic (exact) mass is 422 g/mol. The number of amides is 1. The van der Waals surface area contributed by atoms with E-state index in [4.69, 9.17) is 16.0 Å². The van der Waals surface area contributed by atoms with E-state index in [9.17, 15) is 10.1 Å². The standard InChI is InChI=1S/C21H15ClN4O2S/c1-13-18(17(11-23)20(28-13)26-7-2-3-8-26)19(27)25-21-24-12-16(29-21)10-14-5-4-6-15(22)9-14/h2-9,12H,10H2,1H3,(H,24,25,27). The molecule has 3 aromatic heterocycles. The molecule has 1 amide bonds. The van der Waals surface area contributed by atoms with Gasteiger partial charge in [0, 0.05) is 34.9 Å². The molecule has 0 atom stereocenters. The Balaban J connectivity index is 1.55. The van der Waals surface area contributed by atoms with E-state index in [0.717, 1.165) is 10.4 Å². The number of aryl methyl sites for hydroxylation is 1. The van der Waals surface area contributed by atoms with Crippen LogP contribution in [0.2, 0.25) is 5.02 Å². The largest absolute Gasteiger partial charge is 0.443 e. The van der Waals surface area contributed by atoms with Crippen molar-refractivity contribution in [3.63, 3.8) is 0 Å². The van der Waals surface area contributed by atoms with Crippen molar-refractivity contribution in [3.05, 3.63) is 87.3 Å². The molecule has 0 unspecified atom stereocenters. The Morgan fingerprint density at radius 3 is 2.86 bits per heavy atom. The third-order valence-electron chi connectivity index (χ3n) is 4.28. The van der Waals surface area contributed by atoms with Gasteiger partial charge in [-0.1, -0.05) is 23.7 Å². The molecule has 0 aliphatic carbocycles. The SMILES string of the molecule is Cc1oc(-n2cccc2)c(C#N)c1C(=O)Nc1ncc(Cc2cccc(Cl)c2)s1. The van der Waals surface area contributed by atoms with Crippen LogP contribution in [-0.4, -0.2) is 15.5 Å². The summed E-state index contributed by atoms with van der Waals surface area (Å²) in [6, 6.07) is 13.3. The predicted molar refractivity (Wildman–Crippen MR) is 112 cm³/mol. The predicted octanol–water partition coefficient (Wildman–Crippen LogP) is 5.20. The first kappa shape index (κ1) is 19.0. The highest BCUT2D eigenvalue weighted by Crippen LogP contribution is 2.28. The molecule has 0 bridgehead atoms. The van der Waals surface area contributed by atoms with E-state index in [0.29, 0.717) is 28.2 Å². The minimum Gasteiger partial charge on any atom is -0.443 e. The minimum atomic E-state index is -0.426. The molecular formula is C21H15ClN4O2S. The Morgan fingerprint density at radius 1 is 1.34 bits per heavy atom. The lowest BCUT2D eigenvalue weighted by Gasteiger charge is -2.01. The molecule has 8 heteroatoms. The van der Waals surface area contributed by atoms with Crippen LogP contribution >= 0.6 is 22.9 Å². The van der Waals surface area contributed by atoms with Crippen LogP contribution in [0.3, 0.4) is 0 Å². The molecule has 4 rings (SSSR count). The zero-order valence-electron chi connectivity index (χ0n) is 15.3. The Bertz CT molecular complexity index is 1220. The van der Waals surface area contributed by atoms with Gasteiger partial charge in [-0.15, -0.1) is 11.3 Å². The zero-order chi connectivity index (χ0) is 20.4. The number of halogens is 1. The molecule has 1 N–H and O–H groups in total. The van der Waals surface area contributed by atoms with E-state index < -0.39 is 5.91 Å². The van der Waals surface area contributed by atoms with Gasteiger partial charge in [0.1, 0.15) is 23.0 Å². The number of carbonyl (C=O) groups is 1. The molecule has 0 saturated heterocycles. The van der Waals surface area contributed by atoms with Crippen LogP contribution in [0.5, 0.6) is 0 Å². The van der Waals surface area contributed by atoms with Crippen molar-refractivity contribution < 1.29 is 9.21 Å². The topological polar surface area (TPSA) is 83.8 Å². The minimum absolute atomic E-state index is 0.187. The van der Waals surface area contributed by atoms with Crippen molar-refractivity contribution >= 4 is 34.0 Å². The molecule has 3 heterocycles. The van der Waals surface area contributed by atoms with E-state index in [2.05, 4.69) is 16.4 Å². The first-order valence-electron chi connectivity index (χ1n) is 8.72. The van der Waals surface area contributed by atoms with Crippen molar-refractivity contribution in [2.75, 3.05) is 5.32 Å². The van der Waals surface area contributed by atoms with Gasteiger partial charge in [-0.3, -0.25) is 14.7 Å². The molecule has 29 heavy (non-hydrogen) atoms. The lowest BCUT2D eigenvalue weighted by Crippen LogP contribution is -2.13. The third kappa shape index (κ3) is 3.94. The van der Waals surface area contributed by atoms with Crippen LogP contribution in [0.15, 0.2) is 59.4 Å². The molecule has 0 aliphatic rings. The molecule has 0 spiro atoms. The second-order valence-electron chi connectivity index (χ2n) is 6.31. The molecule has 6 nitrogen and oxygen atoms in total. The number of hydrogen-bond donors (Lipinski definition) is 1. The number of furan rings is 1. The highest BCUT2D eigenvalue weighted by Gasteiger charge is 2.25. The summed E-state index contributed by atoms with van der Waals surface area (Å²) in [4.78, 5) is 18.1. The maximum absolute atomic E-state index is 12.8. The summed E-state index contributed by atoms with van der Waals surface area (Å²) in [5.74, 6) is 0.268. The first-order valence-corrected chi connectivity index (χ1v) is 9.92. The average molecular weight is 423 g/mol. The lowest BCUT2D eigenvalue weighted by atomic mass is 10.1. The van der Waals surface area contributed by atoms with Crippen molar-refractivity contribution in [2.24, 2.45) is 0 Å². The van der Waals surface area contributed by atoms with E-state index in [-0.39, 0.29) is 11.1 Å². The van der Waals surface area contributed by atoms with E-state index in [1.54, 1.807) is 30.1 Å². The quantitative estimate of drug-likeness (QED) is 0.478. The van der Waals surface area contributed by atoms with E-state index in [1.165, 1.54) is 11.3 Å². The Hall–Kier alpha value is -3.34. The summed E-state index contributed by atoms with van der Waals surface area (Å²) < 4.78 is 7.35. The first-order chi connectivity index (χ1) is 14.0. The molecule has 144 valence electrons. The molecule has 0 aliphatic heterocycles. The normalized spacial score (nSPS) is 10.7. The third-order valence-corrected chi connectivity index (χ3v) is 5.43. The lowest BCUT2D eigenvalue weighted by molar-refractivity contribution is 0.102. The molecule has 0 fully saturated rings. The number of thiazole rings is 1. The summed E-state index contributed by atoms with van der Waals surface area (Å²) in [5.41, 5.74) is 1.46. The van der Waals surface area contributed by atoms with Gasteiger partial charge < -0.3 is 4.42 Å². The second kappa shape index (κ2) is 7.95. The maximum Gasteiger partial charge on any atom is 0.262 e. The number of rotatable bonds is 5. The summed E-state index contributed by atoms with van der Waals surface area (Å²) in [7, 11) is 0. The number of nitrogens with one attached hydrogen (secondary N) is 1. The fraction of sp³-hybridized carbons (Fsp3) is 0.0952. The summed E-state index contributed by atoms with van der Waals surface area (Å²) >= 11 is 7.40. The number of anilines is 1. The van der Waals surface area contributed by atoms with E-state index >= 15 is 0 Å². The van der Waals surface area contributed by atoms with Gasteiger partial charge >= 0.3 is 0 Å². The molecular weight excluding hydrogens is 408 g/mol. The van der Waals surface area contributed by atoms with Gasteiger partial charge in [0.15, 0.2) is 5.13 Å². The van der Waals surface area contributed by atoms with Crippen LogP contribution in [-0.2, 0) is 6.42 Å². The maximum atomic E-state index is 12.8. The van der Waals surface area contributed by atoms with Gasteiger partial charge in [-0.2, -0.15) is 5.26 Å². The van der Waals surface area contributed by atoms with Crippen molar-refractivity contribution in [1.29, 1.82) is 5.26 Å². The van der Waals surface area contributed by atoms with Gasteiger partial charge in [0.2, 0.25) is 5.88 Å². The van der Waals surface area contributed by atoms with Crippen molar-refractivity contribution in [2.45, 2.75) is 13.3 Å². The van der Waals surface area contributed by atoms with E-state index in [1.807, 2.05) is 36.4 Å². The fourth-order valence-corrected chi connectivity index (χ4v) is 4.07. The second-order valence-corrected chi connectivity index (χ2v) is 7.86. The number of benzene rings is 1. The van der Waals surface area contributed by atoms with Crippen LogP contribution in [0.25, 0.3) is 5.88 Å². The summed E-state index contributed by atoms with van der Waals surface area (Å²) in [5, 5.41) is 13.5. The summed E-state index contributed by atoms with van der Waals surface area (Å²) in [6.45, 7) is 1.66. The van der Waals surface area contributed by atoms with Crippen LogP contribution in [0, 0.1) is 18.3 Å². The van der Waals surface area contributed by atoms with Gasteiger partial charge in [-0.05, 0) is 36.8 Å². The van der Waals surface area contributed by atoms with Crippen molar-refractivity contribution in [3.8, 4) is 12.0 Å². The molecule has 0 saturated carbocycles. The summed E-state index contributed by atoms with van der Waals surface area (Å²) in [6.07, 6.45) is 5.90. The van der Waals surface area contributed by atoms with Gasteiger partial charge in [0.25, 0.3) is 5.91 Å². The Morgan fingerprint density at radius 2 is 2.14 bits per heavy atom. The average Bonchev–Trinajstić information content (AvgIpc) is 3.41. The highest BCUT2D eigenvalue weighted by molar-refractivity contribution is 7.15. The van der Waals surface area contributed by atoms with Gasteiger partial charge in [-0.25, -0.2) is 4.98 Å². The Labute approximate surface area is 176 Å². The molecule has 0 radical (unpaired) electrons. The molecule has 4 aromatic rings. The fourth-order valence-electron chi connectivity index (χ4n) is 3.01. The highest BCUT2D eigenvalue weighted by atomic mass is 35.5. The van der Waals surface area contributed by atoms with Crippen LogP contribution < -0.4 is 5.32 Å². The number of nitrogens with zero attached hydrogens (tertiary/aromatic N) is 3. The number of aromatic nitrogens is 2.